The first-order valence-electron chi connectivity index (χ1n) is 9.53. The topological polar surface area (TPSA) is 70.2 Å². The summed E-state index contributed by atoms with van der Waals surface area (Å²) in [5.41, 5.74) is -0.439. The molecule has 0 aliphatic carbocycles. The van der Waals surface area contributed by atoms with E-state index in [2.05, 4.69) is 11.8 Å². The summed E-state index contributed by atoms with van der Waals surface area (Å²) < 4.78 is 31.7. The lowest BCUT2D eigenvalue weighted by molar-refractivity contribution is -0.148. The highest BCUT2D eigenvalue weighted by atomic mass is 32.2. The molecule has 3 heterocycles. The Kier molecular flexibility index (Phi) is 5.72. The van der Waals surface area contributed by atoms with Crippen molar-refractivity contribution in [2.45, 2.75) is 39.2 Å². The number of hydrogen-bond donors (Lipinski definition) is 0. The van der Waals surface area contributed by atoms with Crippen LogP contribution in [0.1, 0.15) is 33.1 Å². The summed E-state index contributed by atoms with van der Waals surface area (Å²) in [6.07, 6.45) is 2.20. The molecule has 3 aliphatic heterocycles. The van der Waals surface area contributed by atoms with Crippen molar-refractivity contribution in [3.8, 4) is 0 Å². The molecule has 8 heteroatoms. The van der Waals surface area contributed by atoms with Crippen LogP contribution in [0.4, 0.5) is 0 Å². The quantitative estimate of drug-likeness (QED) is 0.712. The second-order valence-corrected chi connectivity index (χ2v) is 9.55. The van der Waals surface area contributed by atoms with Crippen LogP contribution in [0.5, 0.6) is 0 Å². The van der Waals surface area contributed by atoms with Crippen LogP contribution in [0.15, 0.2) is 0 Å². The molecule has 7 nitrogen and oxygen atoms in total. The van der Waals surface area contributed by atoms with Crippen molar-refractivity contribution in [3.63, 3.8) is 0 Å². The summed E-state index contributed by atoms with van der Waals surface area (Å²) in [6, 6.07) is 0.143. The van der Waals surface area contributed by atoms with Gasteiger partial charge in [-0.2, -0.15) is 0 Å². The largest absolute Gasteiger partial charge is 0.378 e. The van der Waals surface area contributed by atoms with E-state index >= 15 is 0 Å². The number of carbonyl (C=O) groups is 1. The van der Waals surface area contributed by atoms with Gasteiger partial charge >= 0.3 is 0 Å². The van der Waals surface area contributed by atoms with Gasteiger partial charge in [0.2, 0.25) is 15.9 Å². The van der Waals surface area contributed by atoms with E-state index in [-0.39, 0.29) is 17.7 Å². The zero-order valence-electron chi connectivity index (χ0n) is 15.4. The predicted molar refractivity (Wildman–Crippen MR) is 95.8 cm³/mol. The number of fused-ring (bicyclic) bond motifs is 1. The van der Waals surface area contributed by atoms with E-state index in [1.165, 1.54) is 0 Å². The van der Waals surface area contributed by atoms with Gasteiger partial charge in [0.05, 0.1) is 24.4 Å². The summed E-state index contributed by atoms with van der Waals surface area (Å²) in [7, 11) is -3.21. The Morgan fingerprint density at radius 2 is 1.76 bits per heavy atom. The molecule has 25 heavy (non-hydrogen) atoms. The van der Waals surface area contributed by atoms with Crippen LogP contribution >= 0.6 is 0 Å². The average molecular weight is 374 g/mol. The number of carbonyl (C=O) groups excluding carboxylic acids is 1. The third kappa shape index (κ3) is 3.46. The van der Waals surface area contributed by atoms with Crippen molar-refractivity contribution in [3.05, 3.63) is 0 Å². The van der Waals surface area contributed by atoms with Gasteiger partial charge in [0.1, 0.15) is 0 Å². The maximum atomic E-state index is 13.5. The van der Waals surface area contributed by atoms with Crippen LogP contribution in [-0.2, 0) is 19.6 Å². The van der Waals surface area contributed by atoms with Crippen LogP contribution in [-0.4, -0.2) is 92.7 Å². The summed E-state index contributed by atoms with van der Waals surface area (Å²) in [5, 5.41) is 0. The monoisotopic (exact) mass is 373 g/mol. The number of morpholine rings is 1. The molecule has 0 N–H and O–H groups in total. The number of nitrogens with zero attached hydrogens (tertiary/aromatic N) is 3. The van der Waals surface area contributed by atoms with Crippen LogP contribution < -0.4 is 0 Å². The SMILES string of the molecule is CCN1CC[C@]2(C(=O)N3CCOCC3)CCN(S(=O)(=O)CC)CC[C@H]12. The van der Waals surface area contributed by atoms with Crippen molar-refractivity contribution in [2.75, 3.05) is 58.2 Å². The molecule has 0 spiro atoms. The van der Waals surface area contributed by atoms with Gasteiger partial charge in [-0.15, -0.1) is 0 Å². The average Bonchev–Trinajstić information content (AvgIpc) is 2.88. The van der Waals surface area contributed by atoms with Gasteiger partial charge in [-0.25, -0.2) is 12.7 Å². The minimum absolute atomic E-state index is 0.125. The first-order chi connectivity index (χ1) is 11.9. The maximum absolute atomic E-state index is 13.5. The molecular weight excluding hydrogens is 342 g/mol. The molecule has 0 aromatic heterocycles. The third-order valence-electron chi connectivity index (χ3n) is 6.27. The zero-order valence-corrected chi connectivity index (χ0v) is 16.3. The van der Waals surface area contributed by atoms with Crippen molar-refractivity contribution in [1.29, 1.82) is 0 Å². The van der Waals surface area contributed by atoms with Crippen LogP contribution in [0.3, 0.4) is 0 Å². The Hall–Kier alpha value is -0.700. The van der Waals surface area contributed by atoms with E-state index in [0.29, 0.717) is 45.8 Å². The standard InChI is InChI=1S/C17H31N3O4S/c1-3-18-9-6-17(16(21)19-11-13-24-14-12-19)7-10-20(8-5-15(17)18)25(22,23)4-2/h15H,3-14H2,1-2H3/t15-,17-/m0/s1. The Balaban J connectivity index is 1.87. The molecule has 144 valence electrons. The molecule has 0 bridgehead atoms. The highest BCUT2D eigenvalue weighted by Gasteiger charge is 2.54. The van der Waals surface area contributed by atoms with Gasteiger partial charge in [0, 0.05) is 32.2 Å². The van der Waals surface area contributed by atoms with E-state index < -0.39 is 15.4 Å². The minimum atomic E-state index is -3.21. The summed E-state index contributed by atoms with van der Waals surface area (Å²) in [6.45, 7) is 9.12. The van der Waals surface area contributed by atoms with Crippen molar-refractivity contribution in [2.24, 2.45) is 5.41 Å². The summed E-state index contributed by atoms with van der Waals surface area (Å²) >= 11 is 0. The fourth-order valence-electron chi connectivity index (χ4n) is 4.74. The molecular formula is C17H31N3O4S. The number of sulfonamides is 1. The number of ether oxygens (including phenoxy) is 1. The number of likely N-dealkylation sites (tertiary alicyclic amines) is 1. The van der Waals surface area contributed by atoms with Crippen LogP contribution in [0, 0.1) is 5.41 Å². The van der Waals surface area contributed by atoms with Crippen LogP contribution in [0.2, 0.25) is 0 Å². The second-order valence-electron chi connectivity index (χ2n) is 7.29. The zero-order chi connectivity index (χ0) is 18.1. The van der Waals surface area contributed by atoms with E-state index in [4.69, 9.17) is 4.74 Å². The first kappa shape index (κ1) is 19.1. The Bertz CT molecular complexity index is 591. The maximum Gasteiger partial charge on any atom is 0.230 e. The second kappa shape index (κ2) is 7.50. The Morgan fingerprint density at radius 1 is 1.08 bits per heavy atom. The van der Waals surface area contributed by atoms with E-state index in [1.807, 2.05) is 4.90 Å². The van der Waals surface area contributed by atoms with Gasteiger partial charge in [0.15, 0.2) is 0 Å². The normalized spacial score (nSPS) is 32.4. The number of amides is 1. The fraction of sp³-hybridized carbons (Fsp3) is 0.941. The molecule has 0 radical (unpaired) electrons. The molecule has 1 amide bonds. The van der Waals surface area contributed by atoms with Crippen LogP contribution in [0.25, 0.3) is 0 Å². The minimum Gasteiger partial charge on any atom is -0.378 e. The lowest BCUT2D eigenvalue weighted by atomic mass is 9.75. The summed E-state index contributed by atoms with van der Waals surface area (Å²) in [5.74, 6) is 0.340. The molecule has 3 saturated heterocycles. The molecule has 3 aliphatic rings. The fourth-order valence-corrected chi connectivity index (χ4v) is 5.86. The van der Waals surface area contributed by atoms with E-state index in [9.17, 15) is 13.2 Å². The van der Waals surface area contributed by atoms with Gasteiger partial charge in [-0.1, -0.05) is 6.92 Å². The Labute approximate surface area is 151 Å². The molecule has 0 aromatic rings. The first-order valence-corrected chi connectivity index (χ1v) is 11.1. The van der Waals surface area contributed by atoms with Gasteiger partial charge < -0.3 is 9.64 Å². The van der Waals surface area contributed by atoms with Gasteiger partial charge in [0.25, 0.3) is 0 Å². The molecule has 0 saturated carbocycles. The van der Waals surface area contributed by atoms with Crippen molar-refractivity contribution >= 4 is 15.9 Å². The lowest BCUT2D eigenvalue weighted by Crippen LogP contribution is -2.53. The summed E-state index contributed by atoms with van der Waals surface area (Å²) in [4.78, 5) is 17.8. The lowest BCUT2D eigenvalue weighted by Gasteiger charge is -2.40. The van der Waals surface area contributed by atoms with Gasteiger partial charge in [-0.05, 0) is 39.3 Å². The Morgan fingerprint density at radius 3 is 2.40 bits per heavy atom. The number of rotatable bonds is 4. The highest BCUT2D eigenvalue weighted by molar-refractivity contribution is 7.89. The van der Waals surface area contributed by atoms with Gasteiger partial charge in [-0.3, -0.25) is 9.69 Å². The molecule has 0 aromatic carbocycles. The van der Waals surface area contributed by atoms with E-state index in [0.717, 1.165) is 25.9 Å². The van der Waals surface area contributed by atoms with E-state index in [1.54, 1.807) is 11.2 Å². The van der Waals surface area contributed by atoms with Crippen molar-refractivity contribution in [1.82, 2.24) is 14.1 Å². The molecule has 3 rings (SSSR count). The molecule has 2 atom stereocenters. The third-order valence-corrected chi connectivity index (χ3v) is 8.15. The molecule has 3 fully saturated rings. The highest BCUT2D eigenvalue weighted by Crippen LogP contribution is 2.45. The number of hydrogen-bond acceptors (Lipinski definition) is 5. The predicted octanol–water partition coefficient (Wildman–Crippen LogP) is 0.371. The molecule has 0 unspecified atom stereocenters. The van der Waals surface area contributed by atoms with Crippen molar-refractivity contribution < 1.29 is 17.9 Å². The smallest absolute Gasteiger partial charge is 0.230 e.